The van der Waals surface area contributed by atoms with Gasteiger partial charge in [0.25, 0.3) is 0 Å². The van der Waals surface area contributed by atoms with Crippen molar-refractivity contribution < 1.29 is 18.1 Å². The Morgan fingerprint density at radius 1 is 1.06 bits per heavy atom. The quantitative estimate of drug-likeness (QED) is 0.369. The van der Waals surface area contributed by atoms with Crippen molar-refractivity contribution in [3.8, 4) is 0 Å². The summed E-state index contributed by atoms with van der Waals surface area (Å²) in [5, 5.41) is 0. The van der Waals surface area contributed by atoms with Crippen LogP contribution in [0.1, 0.15) is 39.5 Å². The average Bonchev–Trinajstić information content (AvgIpc) is 2.73. The van der Waals surface area contributed by atoms with Gasteiger partial charge in [0.2, 0.25) is 0 Å². The summed E-state index contributed by atoms with van der Waals surface area (Å²) >= 11 is 0. The maximum absolute atomic E-state index is 12.2. The van der Waals surface area contributed by atoms with E-state index >= 15 is 0 Å². The molecule has 0 atom stereocenters. The summed E-state index contributed by atoms with van der Waals surface area (Å²) < 4.78 is 24.0. The van der Waals surface area contributed by atoms with E-state index < -0.39 is 7.60 Å². The predicted molar refractivity (Wildman–Crippen MR) is 75.0 cm³/mol. The average molecular weight is 278 g/mol. The van der Waals surface area contributed by atoms with Crippen LogP contribution < -0.4 is 0 Å². The Bertz CT molecular complexity index is 267. The van der Waals surface area contributed by atoms with Gasteiger partial charge in [-0.3, -0.25) is 4.57 Å². The molecule has 0 aromatic heterocycles. The zero-order valence-electron chi connectivity index (χ0n) is 12.2. The first-order valence-corrected chi connectivity index (χ1v) is 8.98. The van der Waals surface area contributed by atoms with Crippen LogP contribution in [0.2, 0.25) is 0 Å². The third-order valence-corrected chi connectivity index (χ3v) is 5.84. The fourth-order valence-electron chi connectivity index (χ4n) is 2.68. The van der Waals surface area contributed by atoms with E-state index in [-0.39, 0.29) is 0 Å². The van der Waals surface area contributed by atoms with Crippen LogP contribution in [0.5, 0.6) is 0 Å². The Morgan fingerprint density at radius 3 is 2.11 bits per heavy atom. The highest BCUT2D eigenvalue weighted by molar-refractivity contribution is 7.53. The second kappa shape index (κ2) is 7.64. The van der Waals surface area contributed by atoms with Gasteiger partial charge >= 0.3 is 7.60 Å². The van der Waals surface area contributed by atoms with Crippen LogP contribution in [-0.2, 0) is 13.6 Å². The zero-order chi connectivity index (χ0) is 13.5. The molecule has 4 nitrogen and oxygen atoms in total. The lowest BCUT2D eigenvalue weighted by Gasteiger charge is -2.29. The summed E-state index contributed by atoms with van der Waals surface area (Å²) in [7, 11) is -0.479. The number of unbranched alkanes of at least 4 members (excludes halogenated alkanes) is 1. The SMILES string of the molecule is CCOP(=O)(CCCC[N+]1(C)CCCC1)OCC. The molecular weight excluding hydrogens is 249 g/mol. The first kappa shape index (κ1) is 16.2. The summed E-state index contributed by atoms with van der Waals surface area (Å²) in [5.41, 5.74) is 0. The van der Waals surface area contributed by atoms with Crippen LogP contribution in [0.3, 0.4) is 0 Å². The fraction of sp³-hybridized carbons (Fsp3) is 1.00. The molecule has 0 amide bonds. The summed E-state index contributed by atoms with van der Waals surface area (Å²) in [5.74, 6) is 0. The van der Waals surface area contributed by atoms with Crippen LogP contribution in [0, 0.1) is 0 Å². The maximum atomic E-state index is 12.2. The summed E-state index contributed by atoms with van der Waals surface area (Å²) in [4.78, 5) is 0. The minimum atomic E-state index is -2.81. The van der Waals surface area contributed by atoms with Crippen molar-refractivity contribution in [2.45, 2.75) is 39.5 Å². The molecule has 1 heterocycles. The van der Waals surface area contributed by atoms with Gasteiger partial charge in [0.05, 0.1) is 46.1 Å². The van der Waals surface area contributed by atoms with Crippen LogP contribution >= 0.6 is 7.60 Å². The van der Waals surface area contributed by atoms with E-state index in [4.69, 9.17) is 9.05 Å². The van der Waals surface area contributed by atoms with Crippen LogP contribution in [-0.4, -0.2) is 50.5 Å². The van der Waals surface area contributed by atoms with Gasteiger partial charge in [0.15, 0.2) is 0 Å². The van der Waals surface area contributed by atoms with Gasteiger partial charge < -0.3 is 13.5 Å². The maximum Gasteiger partial charge on any atom is 0.330 e. The monoisotopic (exact) mass is 278 g/mol. The van der Waals surface area contributed by atoms with Gasteiger partial charge in [0, 0.05) is 12.8 Å². The van der Waals surface area contributed by atoms with Gasteiger partial charge in [-0.2, -0.15) is 0 Å². The number of likely N-dealkylation sites (tertiary alicyclic amines) is 1. The second-order valence-electron chi connectivity index (χ2n) is 5.37. The van der Waals surface area contributed by atoms with Gasteiger partial charge in [-0.05, 0) is 26.7 Å². The number of quaternary nitrogens is 1. The molecule has 0 unspecified atom stereocenters. The third kappa shape index (κ3) is 5.40. The molecule has 1 aliphatic rings. The van der Waals surface area contributed by atoms with E-state index in [1.807, 2.05) is 13.8 Å². The molecule has 1 saturated heterocycles. The molecule has 0 aromatic rings. The largest absolute Gasteiger partial charge is 0.330 e. The molecule has 1 rings (SSSR count). The standard InChI is InChI=1S/C13H29NO3P/c1-4-16-18(15,17-5-2)13-9-8-12-14(3)10-6-7-11-14/h4-13H2,1-3H3/q+1. The van der Waals surface area contributed by atoms with E-state index in [0.29, 0.717) is 19.4 Å². The van der Waals surface area contributed by atoms with Crippen molar-refractivity contribution in [2.24, 2.45) is 0 Å². The van der Waals surface area contributed by atoms with Crippen molar-refractivity contribution in [3.63, 3.8) is 0 Å². The first-order valence-electron chi connectivity index (χ1n) is 7.25. The molecule has 0 bridgehead atoms. The first-order chi connectivity index (χ1) is 8.54. The topological polar surface area (TPSA) is 35.5 Å². The number of hydrogen-bond acceptors (Lipinski definition) is 3. The lowest BCUT2D eigenvalue weighted by molar-refractivity contribution is -0.897. The van der Waals surface area contributed by atoms with Crippen molar-refractivity contribution in [1.29, 1.82) is 0 Å². The van der Waals surface area contributed by atoms with E-state index in [1.54, 1.807) is 0 Å². The van der Waals surface area contributed by atoms with E-state index in [9.17, 15) is 4.57 Å². The Hall–Kier alpha value is 0.110. The minimum Gasteiger partial charge on any atom is -0.326 e. The van der Waals surface area contributed by atoms with Gasteiger partial charge in [-0.25, -0.2) is 0 Å². The molecule has 108 valence electrons. The van der Waals surface area contributed by atoms with Crippen molar-refractivity contribution in [3.05, 3.63) is 0 Å². The smallest absolute Gasteiger partial charge is 0.326 e. The molecule has 5 heteroatoms. The van der Waals surface area contributed by atoms with E-state index in [0.717, 1.165) is 12.8 Å². The highest BCUT2D eigenvalue weighted by Gasteiger charge is 2.27. The molecule has 0 aliphatic carbocycles. The fourth-order valence-corrected chi connectivity index (χ4v) is 4.41. The minimum absolute atomic E-state index is 0.463. The molecule has 1 fully saturated rings. The van der Waals surface area contributed by atoms with Gasteiger partial charge in [0.1, 0.15) is 0 Å². The highest BCUT2D eigenvalue weighted by atomic mass is 31.2. The number of nitrogens with zero attached hydrogens (tertiary/aromatic N) is 1. The summed E-state index contributed by atoms with van der Waals surface area (Å²) in [6, 6.07) is 0. The Kier molecular flexibility index (Phi) is 6.86. The molecular formula is C13H29NO3P+. The lowest BCUT2D eigenvalue weighted by Crippen LogP contribution is -2.41. The zero-order valence-corrected chi connectivity index (χ0v) is 13.1. The molecule has 0 saturated carbocycles. The Labute approximate surface area is 112 Å². The van der Waals surface area contributed by atoms with Crippen LogP contribution in [0.25, 0.3) is 0 Å². The Balaban J connectivity index is 2.24. The molecule has 0 radical (unpaired) electrons. The predicted octanol–water partition coefficient (Wildman–Crippen LogP) is 3.27. The van der Waals surface area contributed by atoms with Gasteiger partial charge in [-0.1, -0.05) is 0 Å². The molecule has 0 N–H and O–H groups in total. The normalized spacial score (nSPS) is 19.3. The van der Waals surface area contributed by atoms with Crippen molar-refractivity contribution in [2.75, 3.05) is 46.1 Å². The number of rotatable bonds is 9. The Morgan fingerprint density at radius 2 is 1.61 bits per heavy atom. The van der Waals surface area contributed by atoms with Crippen LogP contribution in [0.4, 0.5) is 0 Å². The number of hydrogen-bond donors (Lipinski definition) is 0. The van der Waals surface area contributed by atoms with Crippen LogP contribution in [0.15, 0.2) is 0 Å². The molecule has 0 spiro atoms. The molecule has 0 aromatic carbocycles. The highest BCUT2D eigenvalue weighted by Crippen LogP contribution is 2.48. The molecule has 18 heavy (non-hydrogen) atoms. The summed E-state index contributed by atoms with van der Waals surface area (Å²) in [6.07, 6.45) is 5.32. The third-order valence-electron chi connectivity index (χ3n) is 3.68. The van der Waals surface area contributed by atoms with Crippen molar-refractivity contribution >= 4 is 7.60 Å². The van der Waals surface area contributed by atoms with Gasteiger partial charge in [-0.15, -0.1) is 0 Å². The van der Waals surface area contributed by atoms with Crippen molar-refractivity contribution in [1.82, 2.24) is 0 Å². The van der Waals surface area contributed by atoms with E-state index in [1.165, 1.54) is 37.0 Å². The lowest BCUT2D eigenvalue weighted by atomic mass is 10.3. The van der Waals surface area contributed by atoms with E-state index in [2.05, 4.69) is 7.05 Å². The summed E-state index contributed by atoms with van der Waals surface area (Å²) in [6.45, 7) is 8.45. The second-order valence-corrected chi connectivity index (χ2v) is 7.56. The molecule has 1 aliphatic heterocycles.